The molecular weight excluding hydrogens is 316 g/mol. The van der Waals surface area contributed by atoms with Crippen molar-refractivity contribution < 1.29 is 14.3 Å². The maximum atomic E-state index is 12.4. The second kappa shape index (κ2) is 9.44. The molecule has 1 fully saturated rings. The van der Waals surface area contributed by atoms with Crippen LogP contribution in [0.3, 0.4) is 0 Å². The molecule has 0 aliphatic carbocycles. The van der Waals surface area contributed by atoms with Crippen LogP contribution in [0.4, 0.5) is 0 Å². The van der Waals surface area contributed by atoms with Gasteiger partial charge in [0.05, 0.1) is 0 Å². The lowest BCUT2D eigenvalue weighted by atomic mass is 10.0. The molecule has 138 valence electrons. The van der Waals surface area contributed by atoms with E-state index in [0.29, 0.717) is 25.4 Å². The van der Waals surface area contributed by atoms with Crippen molar-refractivity contribution in [2.45, 2.75) is 52.5 Å². The van der Waals surface area contributed by atoms with Gasteiger partial charge in [-0.15, -0.1) is 0 Å². The second-order valence-corrected chi connectivity index (χ2v) is 7.07. The molecule has 0 aromatic heterocycles. The van der Waals surface area contributed by atoms with Gasteiger partial charge in [-0.3, -0.25) is 9.59 Å². The number of rotatable bonds is 7. The smallest absolute Gasteiger partial charge is 0.260 e. The highest BCUT2D eigenvalue weighted by Crippen LogP contribution is 2.19. The summed E-state index contributed by atoms with van der Waals surface area (Å²) in [4.78, 5) is 26.0. The maximum Gasteiger partial charge on any atom is 0.260 e. The molecule has 1 heterocycles. The van der Waals surface area contributed by atoms with Crippen LogP contribution in [-0.4, -0.2) is 42.5 Å². The van der Waals surface area contributed by atoms with Crippen LogP contribution in [-0.2, 0) is 16.0 Å². The molecule has 0 atom stereocenters. The zero-order valence-electron chi connectivity index (χ0n) is 15.6. The third-order valence-electron chi connectivity index (χ3n) is 4.51. The zero-order chi connectivity index (χ0) is 18.2. The Hall–Kier alpha value is -2.04. The predicted octanol–water partition coefficient (Wildman–Crippen LogP) is 2.78. The Bertz CT molecular complexity index is 578. The van der Waals surface area contributed by atoms with Gasteiger partial charge < -0.3 is 15.0 Å². The molecule has 1 saturated heterocycles. The zero-order valence-corrected chi connectivity index (χ0v) is 15.6. The van der Waals surface area contributed by atoms with E-state index in [9.17, 15) is 9.59 Å². The Morgan fingerprint density at radius 3 is 2.56 bits per heavy atom. The number of hydrogen-bond donors (Lipinski definition) is 1. The number of nitrogens with one attached hydrogen (secondary N) is 1. The number of carbonyl (C=O) groups is 2. The van der Waals surface area contributed by atoms with E-state index >= 15 is 0 Å². The van der Waals surface area contributed by atoms with Gasteiger partial charge in [-0.2, -0.15) is 0 Å². The fraction of sp³-hybridized carbons (Fsp3) is 0.600. The molecule has 1 aromatic carbocycles. The first-order valence-electron chi connectivity index (χ1n) is 9.27. The number of hydrogen-bond acceptors (Lipinski definition) is 3. The van der Waals surface area contributed by atoms with Crippen molar-refractivity contribution in [3.8, 4) is 5.75 Å². The average Bonchev–Trinajstić information content (AvgIpc) is 2.59. The summed E-state index contributed by atoms with van der Waals surface area (Å²) in [5, 5.41) is 3.07. The number of carbonyl (C=O) groups excluding carboxylic acids is 2. The number of likely N-dealkylation sites (tertiary alicyclic amines) is 1. The fourth-order valence-corrected chi connectivity index (χ4v) is 3.10. The summed E-state index contributed by atoms with van der Waals surface area (Å²) in [6, 6.07) is 8.00. The topological polar surface area (TPSA) is 58.6 Å². The van der Waals surface area contributed by atoms with Gasteiger partial charge in [-0.25, -0.2) is 0 Å². The summed E-state index contributed by atoms with van der Waals surface area (Å²) in [5.41, 5.74) is 1.11. The van der Waals surface area contributed by atoms with E-state index in [-0.39, 0.29) is 24.5 Å². The van der Waals surface area contributed by atoms with Crippen molar-refractivity contribution in [2.75, 3.05) is 19.7 Å². The van der Waals surface area contributed by atoms with Gasteiger partial charge in [0.1, 0.15) is 5.75 Å². The average molecular weight is 346 g/mol. The Kier molecular flexibility index (Phi) is 7.29. The third-order valence-corrected chi connectivity index (χ3v) is 4.51. The molecule has 0 unspecified atom stereocenters. The summed E-state index contributed by atoms with van der Waals surface area (Å²) in [6.45, 7) is 7.56. The summed E-state index contributed by atoms with van der Waals surface area (Å²) < 4.78 is 5.72. The van der Waals surface area contributed by atoms with Gasteiger partial charge >= 0.3 is 0 Å². The molecule has 0 bridgehead atoms. The largest absolute Gasteiger partial charge is 0.483 e. The number of piperidine rings is 1. The van der Waals surface area contributed by atoms with E-state index < -0.39 is 0 Å². The molecule has 2 amide bonds. The van der Waals surface area contributed by atoms with E-state index in [1.54, 1.807) is 0 Å². The van der Waals surface area contributed by atoms with Crippen LogP contribution in [0.1, 0.15) is 45.6 Å². The molecule has 2 rings (SSSR count). The van der Waals surface area contributed by atoms with Gasteiger partial charge in [0.25, 0.3) is 5.91 Å². The van der Waals surface area contributed by atoms with Crippen molar-refractivity contribution in [3.63, 3.8) is 0 Å². The van der Waals surface area contributed by atoms with Crippen LogP contribution in [0, 0.1) is 5.92 Å². The summed E-state index contributed by atoms with van der Waals surface area (Å²) in [7, 11) is 0. The Labute approximate surface area is 150 Å². The van der Waals surface area contributed by atoms with Crippen molar-refractivity contribution in [3.05, 3.63) is 29.8 Å². The lowest BCUT2D eigenvalue weighted by molar-refractivity contribution is -0.134. The van der Waals surface area contributed by atoms with Crippen LogP contribution in [0.2, 0.25) is 0 Å². The van der Waals surface area contributed by atoms with Crippen molar-refractivity contribution in [2.24, 2.45) is 5.92 Å². The van der Waals surface area contributed by atoms with Crippen LogP contribution < -0.4 is 10.1 Å². The first-order valence-corrected chi connectivity index (χ1v) is 9.27. The lowest BCUT2D eigenvalue weighted by Gasteiger charge is -2.32. The Morgan fingerprint density at radius 2 is 1.92 bits per heavy atom. The minimum absolute atomic E-state index is 0.0119. The van der Waals surface area contributed by atoms with Crippen LogP contribution in [0.25, 0.3) is 0 Å². The second-order valence-electron chi connectivity index (χ2n) is 7.07. The van der Waals surface area contributed by atoms with Crippen LogP contribution >= 0.6 is 0 Å². The molecule has 0 radical (unpaired) electrons. The SMILES string of the molecule is CCc1ccccc1OCC(=O)N1CCC(NC(=O)CC(C)C)CC1. The van der Waals surface area contributed by atoms with Crippen LogP contribution in [0.15, 0.2) is 24.3 Å². The summed E-state index contributed by atoms with van der Waals surface area (Å²) in [6.07, 6.45) is 3.05. The van der Waals surface area contributed by atoms with Crippen molar-refractivity contribution in [1.82, 2.24) is 10.2 Å². The monoisotopic (exact) mass is 346 g/mol. The van der Waals surface area contributed by atoms with Gasteiger partial charge in [-0.05, 0) is 36.8 Å². The third kappa shape index (κ3) is 6.07. The molecule has 1 aromatic rings. The van der Waals surface area contributed by atoms with E-state index in [1.165, 1.54) is 0 Å². The molecule has 1 aliphatic heterocycles. The molecule has 0 spiro atoms. The fourth-order valence-electron chi connectivity index (χ4n) is 3.10. The lowest BCUT2D eigenvalue weighted by Crippen LogP contribution is -2.47. The molecular formula is C20H30N2O3. The molecule has 5 heteroatoms. The number of nitrogens with zero attached hydrogens (tertiary/aromatic N) is 1. The molecule has 5 nitrogen and oxygen atoms in total. The normalized spacial score (nSPS) is 15.3. The first-order chi connectivity index (χ1) is 12.0. The van der Waals surface area contributed by atoms with Crippen molar-refractivity contribution in [1.29, 1.82) is 0 Å². The van der Waals surface area contributed by atoms with Crippen LogP contribution in [0.5, 0.6) is 5.75 Å². The first kappa shape index (κ1) is 19.3. The highest BCUT2D eigenvalue weighted by Gasteiger charge is 2.24. The standard InChI is InChI=1S/C20H30N2O3/c1-4-16-7-5-6-8-18(16)25-14-20(24)22-11-9-17(10-12-22)21-19(23)13-15(2)3/h5-8,15,17H,4,9-14H2,1-3H3,(H,21,23). The Morgan fingerprint density at radius 1 is 1.24 bits per heavy atom. The summed E-state index contributed by atoms with van der Waals surface area (Å²) in [5.74, 6) is 1.27. The van der Waals surface area contributed by atoms with Crippen molar-refractivity contribution >= 4 is 11.8 Å². The highest BCUT2D eigenvalue weighted by molar-refractivity contribution is 5.78. The van der Waals surface area contributed by atoms with E-state index in [4.69, 9.17) is 4.74 Å². The maximum absolute atomic E-state index is 12.4. The van der Waals surface area contributed by atoms with E-state index in [2.05, 4.69) is 12.2 Å². The van der Waals surface area contributed by atoms with Gasteiger partial charge in [0.2, 0.25) is 5.91 Å². The molecule has 1 aliphatic rings. The predicted molar refractivity (Wildman–Crippen MR) is 98.5 cm³/mol. The van der Waals surface area contributed by atoms with E-state index in [0.717, 1.165) is 30.6 Å². The number of amides is 2. The van der Waals surface area contributed by atoms with Gasteiger partial charge in [0, 0.05) is 25.6 Å². The number of benzene rings is 1. The van der Waals surface area contributed by atoms with Gasteiger partial charge in [-0.1, -0.05) is 39.0 Å². The van der Waals surface area contributed by atoms with E-state index in [1.807, 2.05) is 43.0 Å². The molecule has 25 heavy (non-hydrogen) atoms. The highest BCUT2D eigenvalue weighted by atomic mass is 16.5. The number of para-hydroxylation sites is 1. The Balaban J connectivity index is 1.75. The number of ether oxygens (including phenoxy) is 1. The molecule has 0 saturated carbocycles. The summed E-state index contributed by atoms with van der Waals surface area (Å²) >= 11 is 0. The minimum atomic E-state index is 0.0119. The quantitative estimate of drug-likeness (QED) is 0.826. The van der Waals surface area contributed by atoms with Gasteiger partial charge in [0.15, 0.2) is 6.61 Å². The molecule has 1 N–H and O–H groups in total. The number of aryl methyl sites for hydroxylation is 1. The minimum Gasteiger partial charge on any atom is -0.483 e.